The van der Waals surface area contributed by atoms with Gasteiger partial charge in [0.15, 0.2) is 0 Å². The predicted octanol–water partition coefficient (Wildman–Crippen LogP) is 2.56. The Labute approximate surface area is 122 Å². The molecule has 1 aromatic carbocycles. The number of fused-ring (bicyclic) bond motifs is 1. The van der Waals surface area contributed by atoms with Gasteiger partial charge in [-0.1, -0.05) is 12.1 Å². The first-order valence-corrected chi connectivity index (χ1v) is 6.64. The maximum atomic E-state index is 12.1. The quantitative estimate of drug-likeness (QED) is 0.885. The standard InChI is InChI=1S/C15H17N3O3/c1-18(9-3-6-14(19)20)15(21)17-13-5-2-4-11-10-16-8-7-12(11)13/h2,4-5,7-8,10H,3,6,9H2,1H3,(H,17,21)(H,19,20). The second kappa shape index (κ2) is 6.69. The number of anilines is 1. The van der Waals surface area contributed by atoms with E-state index in [1.165, 1.54) is 4.90 Å². The van der Waals surface area contributed by atoms with Gasteiger partial charge in [-0.3, -0.25) is 9.78 Å². The van der Waals surface area contributed by atoms with Crippen LogP contribution in [0.3, 0.4) is 0 Å². The minimum absolute atomic E-state index is 0.0531. The molecule has 1 heterocycles. The summed E-state index contributed by atoms with van der Waals surface area (Å²) in [5.74, 6) is -0.856. The minimum atomic E-state index is -0.856. The summed E-state index contributed by atoms with van der Waals surface area (Å²) in [6.07, 6.45) is 3.90. The highest BCUT2D eigenvalue weighted by Crippen LogP contribution is 2.22. The molecule has 6 nitrogen and oxygen atoms in total. The molecular weight excluding hydrogens is 270 g/mol. The number of rotatable bonds is 5. The Morgan fingerprint density at radius 1 is 1.33 bits per heavy atom. The lowest BCUT2D eigenvalue weighted by molar-refractivity contribution is -0.137. The van der Waals surface area contributed by atoms with Gasteiger partial charge in [0.1, 0.15) is 0 Å². The van der Waals surface area contributed by atoms with Crippen LogP contribution in [-0.2, 0) is 4.79 Å². The number of carbonyl (C=O) groups is 2. The number of hydrogen-bond acceptors (Lipinski definition) is 3. The zero-order valence-corrected chi connectivity index (χ0v) is 11.7. The van der Waals surface area contributed by atoms with E-state index >= 15 is 0 Å². The molecule has 0 aliphatic rings. The van der Waals surface area contributed by atoms with Gasteiger partial charge in [0.05, 0.1) is 5.69 Å². The minimum Gasteiger partial charge on any atom is -0.481 e. The molecule has 0 spiro atoms. The van der Waals surface area contributed by atoms with Crippen molar-refractivity contribution in [1.82, 2.24) is 9.88 Å². The molecule has 2 aromatic rings. The fourth-order valence-corrected chi connectivity index (χ4v) is 2.01. The molecule has 0 saturated heterocycles. The number of urea groups is 1. The van der Waals surface area contributed by atoms with Crippen LogP contribution in [-0.4, -0.2) is 40.6 Å². The Balaban J connectivity index is 2.02. The second-order valence-corrected chi connectivity index (χ2v) is 4.75. The van der Waals surface area contributed by atoms with Crippen molar-refractivity contribution in [3.05, 3.63) is 36.7 Å². The van der Waals surface area contributed by atoms with Gasteiger partial charge in [-0.25, -0.2) is 4.79 Å². The van der Waals surface area contributed by atoms with E-state index in [0.29, 0.717) is 18.7 Å². The van der Waals surface area contributed by atoms with E-state index in [0.717, 1.165) is 10.8 Å². The number of amides is 2. The van der Waals surface area contributed by atoms with Crippen LogP contribution < -0.4 is 5.32 Å². The highest BCUT2D eigenvalue weighted by atomic mass is 16.4. The molecule has 0 fully saturated rings. The van der Waals surface area contributed by atoms with Gasteiger partial charge in [0.2, 0.25) is 0 Å². The summed E-state index contributed by atoms with van der Waals surface area (Å²) in [5, 5.41) is 13.3. The van der Waals surface area contributed by atoms with Gasteiger partial charge >= 0.3 is 12.0 Å². The van der Waals surface area contributed by atoms with Gasteiger partial charge < -0.3 is 15.3 Å². The third kappa shape index (κ3) is 3.92. The Kier molecular flexibility index (Phi) is 4.71. The third-order valence-corrected chi connectivity index (χ3v) is 3.15. The number of nitrogens with one attached hydrogen (secondary N) is 1. The molecule has 6 heteroatoms. The van der Waals surface area contributed by atoms with Crippen LogP contribution in [0.15, 0.2) is 36.7 Å². The normalized spacial score (nSPS) is 10.3. The Morgan fingerprint density at radius 3 is 2.90 bits per heavy atom. The van der Waals surface area contributed by atoms with Crippen LogP contribution in [0.2, 0.25) is 0 Å². The van der Waals surface area contributed by atoms with Gasteiger partial charge in [0, 0.05) is 43.2 Å². The molecule has 21 heavy (non-hydrogen) atoms. The predicted molar refractivity (Wildman–Crippen MR) is 80.3 cm³/mol. The van der Waals surface area contributed by atoms with Crippen molar-refractivity contribution in [2.75, 3.05) is 18.9 Å². The Morgan fingerprint density at radius 2 is 2.14 bits per heavy atom. The van der Waals surface area contributed by atoms with Crippen molar-refractivity contribution in [3.63, 3.8) is 0 Å². The van der Waals surface area contributed by atoms with E-state index in [9.17, 15) is 9.59 Å². The van der Waals surface area contributed by atoms with Crippen molar-refractivity contribution in [3.8, 4) is 0 Å². The van der Waals surface area contributed by atoms with Crippen LogP contribution in [0.4, 0.5) is 10.5 Å². The summed E-state index contributed by atoms with van der Waals surface area (Å²) in [6, 6.07) is 7.18. The van der Waals surface area contributed by atoms with E-state index in [1.807, 2.05) is 24.3 Å². The molecule has 0 saturated carbocycles. The first-order chi connectivity index (χ1) is 10.1. The van der Waals surface area contributed by atoms with Crippen LogP contribution in [0.5, 0.6) is 0 Å². The molecular formula is C15H17N3O3. The van der Waals surface area contributed by atoms with Crippen molar-refractivity contribution >= 4 is 28.5 Å². The number of aromatic nitrogens is 1. The largest absolute Gasteiger partial charge is 0.481 e. The summed E-state index contributed by atoms with van der Waals surface area (Å²) >= 11 is 0. The molecule has 0 bridgehead atoms. The lowest BCUT2D eigenvalue weighted by Crippen LogP contribution is -2.32. The van der Waals surface area contributed by atoms with Crippen LogP contribution in [0, 0.1) is 0 Å². The molecule has 0 aliphatic carbocycles. The van der Waals surface area contributed by atoms with Crippen molar-refractivity contribution < 1.29 is 14.7 Å². The molecule has 0 atom stereocenters. The second-order valence-electron chi connectivity index (χ2n) is 4.75. The maximum absolute atomic E-state index is 12.1. The van der Waals surface area contributed by atoms with E-state index in [2.05, 4.69) is 10.3 Å². The summed E-state index contributed by atoms with van der Waals surface area (Å²) in [7, 11) is 1.64. The molecule has 2 N–H and O–H groups in total. The number of carboxylic acid groups (broad SMARTS) is 1. The Bertz CT molecular complexity index is 652. The van der Waals surface area contributed by atoms with E-state index in [-0.39, 0.29) is 12.5 Å². The molecule has 0 aliphatic heterocycles. The van der Waals surface area contributed by atoms with Crippen molar-refractivity contribution in [2.45, 2.75) is 12.8 Å². The molecule has 0 unspecified atom stereocenters. The number of pyridine rings is 1. The van der Waals surface area contributed by atoms with Gasteiger partial charge in [0.25, 0.3) is 0 Å². The van der Waals surface area contributed by atoms with E-state index < -0.39 is 5.97 Å². The van der Waals surface area contributed by atoms with Gasteiger partial charge in [-0.05, 0) is 18.6 Å². The highest BCUT2D eigenvalue weighted by molar-refractivity contribution is 6.01. The monoisotopic (exact) mass is 287 g/mol. The number of hydrogen-bond donors (Lipinski definition) is 2. The highest BCUT2D eigenvalue weighted by Gasteiger charge is 2.10. The fraction of sp³-hybridized carbons (Fsp3) is 0.267. The number of carbonyl (C=O) groups excluding carboxylic acids is 1. The number of benzene rings is 1. The average Bonchev–Trinajstić information content (AvgIpc) is 2.47. The number of carboxylic acids is 1. The van der Waals surface area contributed by atoms with E-state index in [1.54, 1.807) is 19.4 Å². The molecule has 1 aromatic heterocycles. The van der Waals surface area contributed by atoms with Crippen molar-refractivity contribution in [1.29, 1.82) is 0 Å². The molecule has 110 valence electrons. The molecule has 2 rings (SSSR count). The lowest BCUT2D eigenvalue weighted by Gasteiger charge is -2.18. The lowest BCUT2D eigenvalue weighted by atomic mass is 10.1. The first kappa shape index (κ1) is 14.8. The SMILES string of the molecule is CN(CCCC(=O)O)C(=O)Nc1cccc2cnccc12. The first-order valence-electron chi connectivity index (χ1n) is 6.64. The van der Waals surface area contributed by atoms with Gasteiger partial charge in [-0.15, -0.1) is 0 Å². The average molecular weight is 287 g/mol. The molecule has 2 amide bonds. The van der Waals surface area contributed by atoms with Gasteiger partial charge in [-0.2, -0.15) is 0 Å². The zero-order valence-electron chi connectivity index (χ0n) is 11.7. The Hall–Kier alpha value is -2.63. The van der Waals surface area contributed by atoms with E-state index in [4.69, 9.17) is 5.11 Å². The summed E-state index contributed by atoms with van der Waals surface area (Å²) in [6.45, 7) is 0.393. The number of aliphatic carboxylic acids is 1. The molecule has 0 radical (unpaired) electrons. The topological polar surface area (TPSA) is 82.5 Å². The summed E-state index contributed by atoms with van der Waals surface area (Å²) in [4.78, 5) is 28.1. The zero-order chi connectivity index (χ0) is 15.2. The van der Waals surface area contributed by atoms with Crippen LogP contribution >= 0.6 is 0 Å². The fourth-order valence-electron chi connectivity index (χ4n) is 2.01. The van der Waals surface area contributed by atoms with Crippen LogP contribution in [0.25, 0.3) is 10.8 Å². The maximum Gasteiger partial charge on any atom is 0.321 e. The van der Waals surface area contributed by atoms with Crippen LogP contribution in [0.1, 0.15) is 12.8 Å². The third-order valence-electron chi connectivity index (χ3n) is 3.15. The number of nitrogens with zero attached hydrogens (tertiary/aromatic N) is 2. The summed E-state index contributed by atoms with van der Waals surface area (Å²) in [5.41, 5.74) is 0.713. The summed E-state index contributed by atoms with van der Waals surface area (Å²) < 4.78 is 0. The smallest absolute Gasteiger partial charge is 0.321 e. The van der Waals surface area contributed by atoms with Crippen molar-refractivity contribution in [2.24, 2.45) is 0 Å².